The number of pyridine rings is 1. The standard InChI is InChI=1S/C12H7Br2FN2O/c13-7-4-5-9(14)8(6-7)12(18)17-11-3-1-2-10(15)16-11/h1-6H,(H,16,17,18). The van der Waals surface area contributed by atoms with Gasteiger partial charge in [-0.05, 0) is 46.3 Å². The number of hydrogen-bond acceptors (Lipinski definition) is 2. The van der Waals surface area contributed by atoms with E-state index >= 15 is 0 Å². The van der Waals surface area contributed by atoms with Gasteiger partial charge in [-0.1, -0.05) is 22.0 Å². The van der Waals surface area contributed by atoms with Crippen molar-refractivity contribution in [1.29, 1.82) is 0 Å². The monoisotopic (exact) mass is 372 g/mol. The molecule has 6 heteroatoms. The third-order valence-corrected chi connectivity index (χ3v) is 3.31. The molecule has 0 spiro atoms. The summed E-state index contributed by atoms with van der Waals surface area (Å²) >= 11 is 6.57. The minimum atomic E-state index is -0.638. The molecule has 0 unspecified atom stereocenters. The molecule has 0 aliphatic heterocycles. The van der Waals surface area contributed by atoms with Crippen LogP contribution in [0.5, 0.6) is 0 Å². The molecule has 1 aromatic carbocycles. The molecule has 2 aromatic rings. The van der Waals surface area contributed by atoms with E-state index in [9.17, 15) is 9.18 Å². The van der Waals surface area contributed by atoms with Crippen LogP contribution in [0, 0.1) is 5.95 Å². The molecular formula is C12H7Br2FN2O. The zero-order valence-corrected chi connectivity index (χ0v) is 12.1. The first-order valence-corrected chi connectivity index (χ1v) is 6.54. The van der Waals surface area contributed by atoms with Gasteiger partial charge in [0, 0.05) is 8.95 Å². The normalized spacial score (nSPS) is 10.2. The van der Waals surface area contributed by atoms with E-state index in [0.717, 1.165) is 4.47 Å². The summed E-state index contributed by atoms with van der Waals surface area (Å²) in [6, 6.07) is 9.43. The summed E-state index contributed by atoms with van der Waals surface area (Å²) in [4.78, 5) is 15.5. The highest BCUT2D eigenvalue weighted by Gasteiger charge is 2.11. The first-order chi connectivity index (χ1) is 8.56. The number of amides is 1. The molecule has 0 atom stereocenters. The molecule has 0 saturated heterocycles. The maximum Gasteiger partial charge on any atom is 0.258 e. The number of carbonyl (C=O) groups excluding carboxylic acids is 1. The van der Waals surface area contributed by atoms with Crippen LogP contribution in [0.25, 0.3) is 0 Å². The molecule has 0 radical (unpaired) electrons. The number of benzene rings is 1. The smallest absolute Gasteiger partial charge is 0.258 e. The SMILES string of the molecule is O=C(Nc1cccc(F)n1)c1cc(Br)ccc1Br. The number of anilines is 1. The second-order valence-corrected chi connectivity index (χ2v) is 5.19. The average Bonchev–Trinajstić information content (AvgIpc) is 2.32. The lowest BCUT2D eigenvalue weighted by molar-refractivity contribution is 0.102. The van der Waals surface area contributed by atoms with Gasteiger partial charge in [0.15, 0.2) is 0 Å². The molecule has 0 saturated carbocycles. The van der Waals surface area contributed by atoms with Crippen LogP contribution in [0.4, 0.5) is 10.2 Å². The van der Waals surface area contributed by atoms with Gasteiger partial charge in [0.25, 0.3) is 5.91 Å². The average molecular weight is 374 g/mol. The van der Waals surface area contributed by atoms with Gasteiger partial charge in [-0.3, -0.25) is 4.79 Å². The van der Waals surface area contributed by atoms with Crippen LogP contribution in [-0.4, -0.2) is 10.9 Å². The fraction of sp³-hybridized carbons (Fsp3) is 0. The maximum atomic E-state index is 12.9. The lowest BCUT2D eigenvalue weighted by Crippen LogP contribution is -2.13. The van der Waals surface area contributed by atoms with E-state index < -0.39 is 5.95 Å². The molecule has 0 fully saturated rings. The Morgan fingerprint density at radius 1 is 1.22 bits per heavy atom. The number of carbonyl (C=O) groups is 1. The van der Waals surface area contributed by atoms with Crippen LogP contribution in [0.15, 0.2) is 45.3 Å². The van der Waals surface area contributed by atoms with E-state index in [4.69, 9.17) is 0 Å². The fourth-order valence-corrected chi connectivity index (χ4v) is 2.12. The summed E-state index contributed by atoms with van der Waals surface area (Å²) in [5, 5.41) is 2.53. The van der Waals surface area contributed by atoms with E-state index in [2.05, 4.69) is 42.2 Å². The van der Waals surface area contributed by atoms with Crippen molar-refractivity contribution in [2.45, 2.75) is 0 Å². The van der Waals surface area contributed by atoms with Gasteiger partial charge in [0.2, 0.25) is 5.95 Å². The van der Waals surface area contributed by atoms with Gasteiger partial charge >= 0.3 is 0 Å². The van der Waals surface area contributed by atoms with Gasteiger partial charge in [0.05, 0.1) is 5.56 Å². The van der Waals surface area contributed by atoms with Crippen molar-refractivity contribution in [1.82, 2.24) is 4.98 Å². The summed E-state index contributed by atoms with van der Waals surface area (Å²) in [6.45, 7) is 0. The highest BCUT2D eigenvalue weighted by molar-refractivity contribution is 9.11. The Labute approximate surface area is 120 Å². The zero-order valence-electron chi connectivity index (χ0n) is 8.95. The third-order valence-electron chi connectivity index (χ3n) is 2.13. The predicted octanol–water partition coefficient (Wildman–Crippen LogP) is 4.00. The predicted molar refractivity (Wildman–Crippen MR) is 74.0 cm³/mol. The maximum absolute atomic E-state index is 12.9. The Balaban J connectivity index is 2.24. The Kier molecular flexibility index (Phi) is 4.08. The van der Waals surface area contributed by atoms with Crippen LogP contribution in [0.1, 0.15) is 10.4 Å². The molecule has 0 aliphatic rings. The number of nitrogens with one attached hydrogen (secondary N) is 1. The lowest BCUT2D eigenvalue weighted by atomic mass is 10.2. The highest BCUT2D eigenvalue weighted by atomic mass is 79.9. The number of hydrogen-bond donors (Lipinski definition) is 1. The molecule has 3 nitrogen and oxygen atoms in total. The van der Waals surface area contributed by atoms with Gasteiger partial charge in [0.1, 0.15) is 5.82 Å². The molecule has 0 aliphatic carbocycles. The lowest BCUT2D eigenvalue weighted by Gasteiger charge is -2.06. The van der Waals surface area contributed by atoms with Crippen molar-refractivity contribution >= 4 is 43.6 Å². The molecule has 2 rings (SSSR count). The van der Waals surface area contributed by atoms with Crippen LogP contribution >= 0.6 is 31.9 Å². The van der Waals surface area contributed by atoms with Crippen LogP contribution < -0.4 is 5.32 Å². The van der Waals surface area contributed by atoms with Crippen LogP contribution in [-0.2, 0) is 0 Å². The van der Waals surface area contributed by atoms with Crippen LogP contribution in [0.2, 0.25) is 0 Å². The second kappa shape index (κ2) is 5.58. The first-order valence-electron chi connectivity index (χ1n) is 4.95. The van der Waals surface area contributed by atoms with Crippen molar-refractivity contribution in [3.8, 4) is 0 Å². The summed E-state index contributed by atoms with van der Waals surface area (Å²) in [7, 11) is 0. The minimum Gasteiger partial charge on any atom is -0.306 e. The van der Waals surface area contributed by atoms with Crippen molar-refractivity contribution in [3.05, 3.63) is 56.9 Å². The quantitative estimate of drug-likeness (QED) is 0.808. The van der Waals surface area contributed by atoms with Gasteiger partial charge in [-0.15, -0.1) is 0 Å². The Hall–Kier alpha value is -1.27. The topological polar surface area (TPSA) is 42.0 Å². The Bertz CT molecular complexity index is 604. The molecule has 0 bridgehead atoms. The van der Waals surface area contributed by atoms with Gasteiger partial charge < -0.3 is 5.32 Å². The van der Waals surface area contributed by atoms with Crippen molar-refractivity contribution in [2.24, 2.45) is 0 Å². The van der Waals surface area contributed by atoms with E-state index in [1.54, 1.807) is 18.2 Å². The molecule has 1 aromatic heterocycles. The third kappa shape index (κ3) is 3.14. The molecule has 92 valence electrons. The molecule has 18 heavy (non-hydrogen) atoms. The van der Waals surface area contributed by atoms with Crippen LogP contribution in [0.3, 0.4) is 0 Å². The molecule has 1 heterocycles. The van der Waals surface area contributed by atoms with E-state index in [0.29, 0.717) is 10.0 Å². The minimum absolute atomic E-state index is 0.173. The number of nitrogens with zero attached hydrogens (tertiary/aromatic N) is 1. The molecular weight excluding hydrogens is 367 g/mol. The van der Waals surface area contributed by atoms with E-state index in [-0.39, 0.29) is 11.7 Å². The van der Waals surface area contributed by atoms with E-state index in [1.807, 2.05) is 0 Å². The number of halogens is 3. The first kappa shape index (κ1) is 13.2. The summed E-state index contributed by atoms with van der Waals surface area (Å²) in [5.74, 6) is -0.825. The largest absolute Gasteiger partial charge is 0.306 e. The number of aromatic nitrogens is 1. The fourth-order valence-electron chi connectivity index (χ4n) is 1.33. The van der Waals surface area contributed by atoms with Crippen molar-refractivity contribution < 1.29 is 9.18 Å². The molecule has 1 N–H and O–H groups in total. The second-order valence-electron chi connectivity index (χ2n) is 3.42. The van der Waals surface area contributed by atoms with Gasteiger partial charge in [-0.2, -0.15) is 4.39 Å². The van der Waals surface area contributed by atoms with Gasteiger partial charge in [-0.25, -0.2) is 4.98 Å². The zero-order chi connectivity index (χ0) is 13.1. The summed E-state index contributed by atoms with van der Waals surface area (Å²) in [5.41, 5.74) is 0.440. The van der Waals surface area contributed by atoms with Crippen molar-refractivity contribution in [3.63, 3.8) is 0 Å². The van der Waals surface area contributed by atoms with Crippen molar-refractivity contribution in [2.75, 3.05) is 5.32 Å². The number of rotatable bonds is 2. The highest BCUT2D eigenvalue weighted by Crippen LogP contribution is 2.22. The Morgan fingerprint density at radius 3 is 2.72 bits per heavy atom. The molecule has 1 amide bonds. The summed E-state index contributed by atoms with van der Waals surface area (Å²) in [6.07, 6.45) is 0. The Morgan fingerprint density at radius 2 is 2.00 bits per heavy atom. The summed E-state index contributed by atoms with van der Waals surface area (Å²) < 4.78 is 14.3. The van der Waals surface area contributed by atoms with E-state index in [1.165, 1.54) is 18.2 Å².